The van der Waals surface area contributed by atoms with Crippen LogP contribution in [0.4, 0.5) is 0 Å². The first kappa shape index (κ1) is 13.1. The molecule has 0 spiro atoms. The van der Waals surface area contributed by atoms with E-state index < -0.39 is 9.84 Å². The van der Waals surface area contributed by atoms with Gasteiger partial charge < -0.3 is 4.98 Å². The average molecular weight is 260 g/mol. The van der Waals surface area contributed by atoms with E-state index in [0.29, 0.717) is 15.9 Å². The Morgan fingerprint density at radius 1 is 1.25 bits per heavy atom. The molecule has 2 aromatic rings. The summed E-state index contributed by atoms with van der Waals surface area (Å²) in [4.78, 5) is 3.14. The van der Waals surface area contributed by atoms with Crippen molar-refractivity contribution < 1.29 is 8.42 Å². The molecule has 5 heteroatoms. The SMILES string of the molecule is CC.CS(=O)(=O)c1c[nH]c2c(Cl)cccc12. The molecule has 1 heterocycles. The van der Waals surface area contributed by atoms with Crippen LogP contribution in [0, 0.1) is 0 Å². The molecule has 1 N–H and O–H groups in total. The predicted octanol–water partition coefficient (Wildman–Crippen LogP) is 3.25. The number of sulfone groups is 1. The summed E-state index contributed by atoms with van der Waals surface area (Å²) in [5.41, 5.74) is 0.662. The predicted molar refractivity (Wildman–Crippen MR) is 67.8 cm³/mol. The molecule has 0 aliphatic heterocycles. The Morgan fingerprint density at radius 3 is 2.44 bits per heavy atom. The highest BCUT2D eigenvalue weighted by molar-refractivity contribution is 7.91. The Kier molecular flexibility index (Phi) is 3.99. The van der Waals surface area contributed by atoms with Crippen molar-refractivity contribution >= 4 is 32.3 Å². The highest BCUT2D eigenvalue weighted by atomic mass is 35.5. The highest BCUT2D eigenvalue weighted by Gasteiger charge is 2.14. The number of aromatic nitrogens is 1. The van der Waals surface area contributed by atoms with E-state index in [1.54, 1.807) is 18.2 Å². The van der Waals surface area contributed by atoms with Crippen LogP contribution in [0.25, 0.3) is 10.9 Å². The van der Waals surface area contributed by atoms with Gasteiger partial charge in [-0.05, 0) is 6.07 Å². The van der Waals surface area contributed by atoms with Gasteiger partial charge in [0.2, 0.25) is 0 Å². The van der Waals surface area contributed by atoms with Crippen LogP contribution >= 0.6 is 11.6 Å². The third kappa shape index (κ3) is 2.39. The molecule has 0 saturated heterocycles. The molecule has 1 aromatic heterocycles. The Labute approximate surface area is 100 Å². The number of hydrogen-bond acceptors (Lipinski definition) is 2. The quantitative estimate of drug-likeness (QED) is 0.855. The standard InChI is InChI=1S/C9H8ClNO2S.C2H6/c1-14(12,13)8-5-11-9-6(8)3-2-4-7(9)10;1-2/h2-5,11H,1H3;1-2H3. The molecule has 16 heavy (non-hydrogen) atoms. The van der Waals surface area contributed by atoms with Crippen LogP contribution in [0.2, 0.25) is 5.02 Å². The Hall–Kier alpha value is -1.00. The van der Waals surface area contributed by atoms with Crippen LogP contribution in [-0.4, -0.2) is 19.7 Å². The van der Waals surface area contributed by atoms with Crippen molar-refractivity contribution in [1.29, 1.82) is 0 Å². The summed E-state index contributed by atoms with van der Waals surface area (Å²) < 4.78 is 22.7. The first-order valence-electron chi connectivity index (χ1n) is 4.96. The fraction of sp³-hybridized carbons (Fsp3) is 0.273. The van der Waals surface area contributed by atoms with Crippen molar-refractivity contribution in [1.82, 2.24) is 4.98 Å². The van der Waals surface area contributed by atoms with Crippen LogP contribution in [-0.2, 0) is 9.84 Å². The Morgan fingerprint density at radius 2 is 1.88 bits per heavy atom. The van der Waals surface area contributed by atoms with Gasteiger partial charge in [0.25, 0.3) is 0 Å². The van der Waals surface area contributed by atoms with E-state index in [-0.39, 0.29) is 4.90 Å². The number of fused-ring (bicyclic) bond motifs is 1. The van der Waals surface area contributed by atoms with Gasteiger partial charge in [0, 0.05) is 17.8 Å². The van der Waals surface area contributed by atoms with Crippen molar-refractivity contribution in [2.45, 2.75) is 18.7 Å². The van der Waals surface area contributed by atoms with Crippen LogP contribution in [0.1, 0.15) is 13.8 Å². The van der Waals surface area contributed by atoms with E-state index in [2.05, 4.69) is 4.98 Å². The molecule has 0 bridgehead atoms. The second-order valence-electron chi connectivity index (χ2n) is 3.09. The van der Waals surface area contributed by atoms with Gasteiger partial charge in [0.15, 0.2) is 9.84 Å². The van der Waals surface area contributed by atoms with Gasteiger partial charge in [-0.1, -0.05) is 37.6 Å². The third-order valence-corrected chi connectivity index (χ3v) is 3.48. The maximum Gasteiger partial charge on any atom is 0.177 e. The molecular formula is C11H14ClNO2S. The minimum Gasteiger partial charge on any atom is -0.359 e. The lowest BCUT2D eigenvalue weighted by atomic mass is 10.2. The monoisotopic (exact) mass is 259 g/mol. The smallest absolute Gasteiger partial charge is 0.177 e. The van der Waals surface area contributed by atoms with E-state index in [1.807, 2.05) is 13.8 Å². The summed E-state index contributed by atoms with van der Waals surface area (Å²) in [6.07, 6.45) is 2.64. The largest absolute Gasteiger partial charge is 0.359 e. The number of H-pyrrole nitrogens is 1. The van der Waals surface area contributed by atoms with Gasteiger partial charge in [-0.25, -0.2) is 8.42 Å². The summed E-state index contributed by atoms with van der Waals surface area (Å²) in [5.74, 6) is 0. The third-order valence-electron chi connectivity index (χ3n) is 2.03. The number of nitrogens with one attached hydrogen (secondary N) is 1. The number of benzene rings is 1. The minimum absolute atomic E-state index is 0.287. The van der Waals surface area contributed by atoms with E-state index in [0.717, 1.165) is 0 Å². The summed E-state index contributed by atoms with van der Waals surface area (Å²) in [5, 5.41) is 1.16. The fourth-order valence-electron chi connectivity index (χ4n) is 1.40. The van der Waals surface area contributed by atoms with E-state index in [4.69, 9.17) is 11.6 Å². The molecule has 0 saturated carbocycles. The first-order valence-corrected chi connectivity index (χ1v) is 7.23. The lowest BCUT2D eigenvalue weighted by Crippen LogP contribution is -1.94. The van der Waals surface area contributed by atoms with Gasteiger partial charge in [-0.3, -0.25) is 0 Å². The molecule has 3 nitrogen and oxygen atoms in total. The van der Waals surface area contributed by atoms with Crippen LogP contribution in [0.3, 0.4) is 0 Å². The minimum atomic E-state index is -3.19. The van der Waals surface area contributed by atoms with Crippen molar-refractivity contribution in [2.75, 3.05) is 6.26 Å². The number of rotatable bonds is 1. The van der Waals surface area contributed by atoms with Gasteiger partial charge in [-0.2, -0.15) is 0 Å². The second-order valence-corrected chi connectivity index (χ2v) is 5.48. The average Bonchev–Trinajstić information content (AvgIpc) is 2.65. The molecule has 2 rings (SSSR count). The molecule has 0 aliphatic carbocycles. The zero-order valence-corrected chi connectivity index (χ0v) is 11.0. The maximum atomic E-state index is 11.4. The molecule has 0 aliphatic rings. The molecular weight excluding hydrogens is 246 g/mol. The summed E-state index contributed by atoms with van der Waals surface area (Å²) >= 11 is 5.89. The Bertz CT molecular complexity index is 587. The molecule has 0 amide bonds. The van der Waals surface area contributed by atoms with Crippen molar-refractivity contribution in [3.63, 3.8) is 0 Å². The van der Waals surface area contributed by atoms with Gasteiger partial charge in [0.05, 0.1) is 15.4 Å². The zero-order chi connectivity index (χ0) is 12.3. The van der Waals surface area contributed by atoms with Gasteiger partial charge in [0.1, 0.15) is 0 Å². The summed E-state index contributed by atoms with van der Waals surface area (Å²) in [6, 6.07) is 5.17. The molecule has 0 radical (unpaired) electrons. The molecule has 0 unspecified atom stereocenters. The normalized spacial score (nSPS) is 11.0. The summed E-state index contributed by atoms with van der Waals surface area (Å²) in [6.45, 7) is 4.00. The topological polar surface area (TPSA) is 49.9 Å². The molecule has 88 valence electrons. The highest BCUT2D eigenvalue weighted by Crippen LogP contribution is 2.27. The second kappa shape index (κ2) is 4.89. The number of hydrogen-bond donors (Lipinski definition) is 1. The van der Waals surface area contributed by atoms with Crippen LogP contribution < -0.4 is 0 Å². The van der Waals surface area contributed by atoms with Gasteiger partial charge >= 0.3 is 0 Å². The Balaban J connectivity index is 0.000000606. The first-order chi connectivity index (χ1) is 7.50. The number of para-hydroxylation sites is 1. The van der Waals surface area contributed by atoms with E-state index >= 15 is 0 Å². The fourth-order valence-corrected chi connectivity index (χ4v) is 2.47. The van der Waals surface area contributed by atoms with E-state index in [1.165, 1.54) is 12.5 Å². The van der Waals surface area contributed by atoms with Crippen molar-refractivity contribution in [2.24, 2.45) is 0 Å². The molecule has 0 atom stereocenters. The lowest BCUT2D eigenvalue weighted by Gasteiger charge is -1.95. The van der Waals surface area contributed by atoms with E-state index in [9.17, 15) is 8.42 Å². The summed E-state index contributed by atoms with van der Waals surface area (Å²) in [7, 11) is -3.19. The number of aromatic amines is 1. The zero-order valence-electron chi connectivity index (χ0n) is 9.41. The number of halogens is 1. The molecule has 1 aromatic carbocycles. The molecule has 0 fully saturated rings. The van der Waals surface area contributed by atoms with Crippen LogP contribution in [0.5, 0.6) is 0 Å². The van der Waals surface area contributed by atoms with Crippen molar-refractivity contribution in [3.8, 4) is 0 Å². The van der Waals surface area contributed by atoms with Crippen molar-refractivity contribution in [3.05, 3.63) is 29.4 Å². The van der Waals surface area contributed by atoms with Crippen LogP contribution in [0.15, 0.2) is 29.3 Å². The van der Waals surface area contributed by atoms with Gasteiger partial charge in [-0.15, -0.1) is 0 Å². The maximum absolute atomic E-state index is 11.4. The lowest BCUT2D eigenvalue weighted by molar-refractivity contribution is 0.602.